The molecule has 2 aliphatic heterocycles. The predicted octanol–water partition coefficient (Wildman–Crippen LogP) is 2.31. The fourth-order valence-corrected chi connectivity index (χ4v) is 5.46. The van der Waals surface area contributed by atoms with E-state index in [1.807, 2.05) is 47.4 Å². The van der Waals surface area contributed by atoms with Crippen molar-refractivity contribution >= 4 is 17.8 Å². The zero-order valence-corrected chi connectivity index (χ0v) is 18.7. The van der Waals surface area contributed by atoms with E-state index in [-0.39, 0.29) is 42.3 Å². The van der Waals surface area contributed by atoms with Crippen LogP contribution in [0.1, 0.15) is 29.5 Å². The molecule has 33 heavy (non-hydrogen) atoms. The van der Waals surface area contributed by atoms with E-state index in [2.05, 4.69) is 22.8 Å². The molecule has 2 fully saturated rings. The van der Waals surface area contributed by atoms with E-state index in [9.17, 15) is 14.4 Å². The molecular weight excluding hydrogens is 416 g/mol. The molecule has 0 radical (unpaired) electrons. The molecule has 2 aromatic rings. The van der Waals surface area contributed by atoms with Crippen LogP contribution in [-0.4, -0.2) is 53.3 Å². The van der Waals surface area contributed by atoms with E-state index in [1.165, 1.54) is 11.1 Å². The van der Waals surface area contributed by atoms with E-state index < -0.39 is 0 Å². The molecule has 1 saturated heterocycles. The first kappa shape index (κ1) is 21.5. The monoisotopic (exact) mass is 446 g/mol. The van der Waals surface area contributed by atoms with E-state index >= 15 is 0 Å². The molecule has 3 aliphatic rings. The number of urea groups is 1. The van der Waals surface area contributed by atoms with Gasteiger partial charge in [-0.25, -0.2) is 4.79 Å². The van der Waals surface area contributed by atoms with Crippen molar-refractivity contribution in [3.05, 3.63) is 71.3 Å². The van der Waals surface area contributed by atoms with Crippen LogP contribution in [0.4, 0.5) is 4.79 Å². The average molecular weight is 447 g/mol. The summed E-state index contributed by atoms with van der Waals surface area (Å²) in [6, 6.07) is 17.7. The van der Waals surface area contributed by atoms with Crippen LogP contribution >= 0.6 is 0 Å². The molecular formula is C26H30N4O3. The summed E-state index contributed by atoms with van der Waals surface area (Å²) in [7, 11) is 0. The first-order chi connectivity index (χ1) is 16.1. The lowest BCUT2D eigenvalue weighted by molar-refractivity contribution is -0.136. The molecule has 1 aliphatic carbocycles. The number of hydrogen-bond acceptors (Lipinski definition) is 3. The summed E-state index contributed by atoms with van der Waals surface area (Å²) in [5.74, 6) is -0.00731. The molecule has 7 nitrogen and oxygen atoms in total. The molecule has 172 valence electrons. The maximum atomic E-state index is 13.3. The van der Waals surface area contributed by atoms with Crippen LogP contribution in [0, 0.1) is 11.8 Å². The number of rotatable bonds is 3. The highest BCUT2D eigenvalue weighted by Crippen LogP contribution is 2.35. The van der Waals surface area contributed by atoms with Crippen molar-refractivity contribution in [3.63, 3.8) is 0 Å². The lowest BCUT2D eigenvalue weighted by Gasteiger charge is -2.31. The van der Waals surface area contributed by atoms with Gasteiger partial charge < -0.3 is 20.4 Å². The Hall–Kier alpha value is -3.35. The van der Waals surface area contributed by atoms with Crippen LogP contribution in [0.25, 0.3) is 0 Å². The van der Waals surface area contributed by atoms with Crippen LogP contribution in [0.2, 0.25) is 0 Å². The van der Waals surface area contributed by atoms with Gasteiger partial charge in [-0.2, -0.15) is 0 Å². The molecule has 7 heteroatoms. The quantitative estimate of drug-likeness (QED) is 0.759. The van der Waals surface area contributed by atoms with Gasteiger partial charge in [0.1, 0.15) is 6.54 Å². The summed E-state index contributed by atoms with van der Waals surface area (Å²) < 4.78 is 0. The van der Waals surface area contributed by atoms with Gasteiger partial charge in [0.25, 0.3) is 0 Å². The zero-order chi connectivity index (χ0) is 22.8. The standard InChI is InChI=1S/C26H30N4O3/c31-24-17-30(26(33)27-14-18-6-2-1-3-7-18)16-22-12-21(13-23(22)28-24)25(32)29-11-10-19-8-4-5-9-20(19)15-29/h1-9,21-23H,10-17H2,(H,27,33)(H,28,31)/t21-,22+,23+/m0/s1. The fourth-order valence-electron chi connectivity index (χ4n) is 5.46. The number of hydrogen-bond donors (Lipinski definition) is 2. The first-order valence-corrected chi connectivity index (χ1v) is 11.8. The Morgan fingerprint density at radius 3 is 2.52 bits per heavy atom. The molecule has 3 atom stereocenters. The SMILES string of the molecule is O=C1CN(C(=O)NCc2ccccc2)C[C@H]2C[C@H](C(=O)N3CCc4ccccc4C3)C[C@H]2N1. The van der Waals surface area contributed by atoms with E-state index in [0.717, 1.165) is 18.5 Å². The van der Waals surface area contributed by atoms with Crippen molar-refractivity contribution < 1.29 is 14.4 Å². The van der Waals surface area contributed by atoms with Gasteiger partial charge in [-0.3, -0.25) is 9.59 Å². The summed E-state index contributed by atoms with van der Waals surface area (Å²) in [5, 5.41) is 6.00. The number of carbonyl (C=O) groups is 3. The Kier molecular flexibility index (Phi) is 6.03. The van der Waals surface area contributed by atoms with Crippen LogP contribution in [0.5, 0.6) is 0 Å². The van der Waals surface area contributed by atoms with E-state index in [0.29, 0.717) is 32.5 Å². The fraction of sp³-hybridized carbons (Fsp3) is 0.423. The van der Waals surface area contributed by atoms with Crippen LogP contribution in [-0.2, 0) is 29.1 Å². The highest BCUT2D eigenvalue weighted by Gasteiger charge is 2.43. The zero-order valence-electron chi connectivity index (χ0n) is 18.7. The van der Waals surface area contributed by atoms with Gasteiger partial charge in [0.2, 0.25) is 11.8 Å². The second-order valence-corrected chi connectivity index (χ2v) is 9.41. The summed E-state index contributed by atoms with van der Waals surface area (Å²) in [6.07, 6.45) is 2.23. The second-order valence-electron chi connectivity index (χ2n) is 9.41. The maximum Gasteiger partial charge on any atom is 0.318 e. The molecule has 2 aromatic carbocycles. The average Bonchev–Trinajstić information content (AvgIpc) is 3.16. The third kappa shape index (κ3) is 4.72. The molecule has 0 bridgehead atoms. The van der Waals surface area contributed by atoms with Crippen molar-refractivity contribution in [2.24, 2.45) is 11.8 Å². The van der Waals surface area contributed by atoms with Crippen molar-refractivity contribution in [1.82, 2.24) is 20.4 Å². The topological polar surface area (TPSA) is 81.8 Å². The summed E-state index contributed by atoms with van der Waals surface area (Å²) in [4.78, 5) is 42.2. The van der Waals surface area contributed by atoms with Crippen LogP contribution < -0.4 is 10.6 Å². The lowest BCUT2D eigenvalue weighted by Crippen LogP contribution is -2.44. The van der Waals surface area contributed by atoms with Crippen molar-refractivity contribution in [2.45, 2.75) is 38.4 Å². The minimum atomic E-state index is -0.239. The molecule has 2 N–H and O–H groups in total. The largest absolute Gasteiger partial charge is 0.351 e. The van der Waals surface area contributed by atoms with Gasteiger partial charge in [0.05, 0.1) is 0 Å². The normalized spacial score (nSPS) is 24.4. The highest BCUT2D eigenvalue weighted by molar-refractivity contribution is 5.85. The Balaban J connectivity index is 1.21. The Morgan fingerprint density at radius 1 is 0.939 bits per heavy atom. The lowest BCUT2D eigenvalue weighted by atomic mass is 9.97. The van der Waals surface area contributed by atoms with Gasteiger partial charge in [0, 0.05) is 38.1 Å². The van der Waals surface area contributed by atoms with Crippen molar-refractivity contribution in [2.75, 3.05) is 19.6 Å². The third-order valence-corrected chi connectivity index (χ3v) is 7.20. The van der Waals surface area contributed by atoms with Gasteiger partial charge in [-0.1, -0.05) is 54.6 Å². The molecule has 5 rings (SSSR count). The number of benzene rings is 2. The smallest absolute Gasteiger partial charge is 0.318 e. The number of fused-ring (bicyclic) bond motifs is 2. The molecule has 0 aromatic heterocycles. The van der Waals surface area contributed by atoms with Crippen LogP contribution in [0.15, 0.2) is 54.6 Å². The van der Waals surface area contributed by atoms with Crippen molar-refractivity contribution in [1.29, 1.82) is 0 Å². The molecule has 4 amide bonds. The van der Waals surface area contributed by atoms with E-state index in [1.54, 1.807) is 4.90 Å². The van der Waals surface area contributed by atoms with Gasteiger partial charge in [-0.15, -0.1) is 0 Å². The predicted molar refractivity (Wildman–Crippen MR) is 124 cm³/mol. The number of carbonyl (C=O) groups excluding carboxylic acids is 3. The first-order valence-electron chi connectivity index (χ1n) is 11.8. The summed E-state index contributed by atoms with van der Waals surface area (Å²) >= 11 is 0. The molecule has 0 unspecified atom stereocenters. The van der Waals surface area contributed by atoms with Gasteiger partial charge in [0.15, 0.2) is 0 Å². The number of nitrogens with zero attached hydrogens (tertiary/aromatic N) is 2. The van der Waals surface area contributed by atoms with E-state index in [4.69, 9.17) is 0 Å². The summed E-state index contributed by atoms with van der Waals surface area (Å²) in [5.41, 5.74) is 3.55. The molecule has 2 heterocycles. The Bertz CT molecular complexity index is 1040. The summed E-state index contributed by atoms with van der Waals surface area (Å²) in [6.45, 7) is 2.35. The minimum Gasteiger partial charge on any atom is -0.351 e. The highest BCUT2D eigenvalue weighted by atomic mass is 16.2. The Morgan fingerprint density at radius 2 is 1.70 bits per heavy atom. The third-order valence-electron chi connectivity index (χ3n) is 7.20. The molecule has 1 saturated carbocycles. The maximum absolute atomic E-state index is 13.3. The van der Waals surface area contributed by atoms with Crippen molar-refractivity contribution in [3.8, 4) is 0 Å². The van der Waals surface area contributed by atoms with Gasteiger partial charge >= 0.3 is 6.03 Å². The van der Waals surface area contributed by atoms with Crippen LogP contribution in [0.3, 0.4) is 0 Å². The second kappa shape index (κ2) is 9.25. The van der Waals surface area contributed by atoms with Gasteiger partial charge in [-0.05, 0) is 41.9 Å². The number of amides is 4. The number of nitrogens with one attached hydrogen (secondary N) is 2. The minimum absolute atomic E-state index is 0.0507. The molecule has 0 spiro atoms. The Labute approximate surface area is 194 Å².